The third-order valence-electron chi connectivity index (χ3n) is 4.85. The number of benzene rings is 1. The second kappa shape index (κ2) is 6.48. The number of aromatic nitrogens is 3. The van der Waals surface area contributed by atoms with Crippen LogP contribution in [-0.2, 0) is 29.4 Å². The zero-order valence-electron chi connectivity index (χ0n) is 14.5. The Labute approximate surface area is 152 Å². The van der Waals surface area contributed by atoms with Crippen LogP contribution in [0.1, 0.15) is 53.4 Å². The number of rotatable bonds is 4. The lowest BCUT2D eigenvalue weighted by Crippen LogP contribution is -2.34. The number of sulfonamides is 1. The number of hydrogen-bond donors (Lipinski definition) is 2. The molecule has 1 atom stereocenters. The van der Waals surface area contributed by atoms with Crippen molar-refractivity contribution >= 4 is 15.9 Å². The molecule has 2 aliphatic rings. The predicted molar refractivity (Wildman–Crippen MR) is 94.2 cm³/mol. The second-order valence-corrected chi connectivity index (χ2v) is 8.32. The number of nitrogens with one attached hydrogen (secondary N) is 2. The number of carbonyl (C=O) groups excluding carboxylic acids is 1. The molecule has 0 saturated heterocycles. The number of fused-ring (bicyclic) bond motifs is 2. The summed E-state index contributed by atoms with van der Waals surface area (Å²) in [4.78, 5) is 16.6. The van der Waals surface area contributed by atoms with Crippen LogP contribution >= 0.6 is 0 Å². The van der Waals surface area contributed by atoms with Crippen LogP contribution in [0.2, 0.25) is 0 Å². The molecule has 0 fully saturated rings. The lowest BCUT2D eigenvalue weighted by molar-refractivity contribution is 0.0945. The Morgan fingerprint density at radius 2 is 2.23 bits per heavy atom. The van der Waals surface area contributed by atoms with Crippen LogP contribution in [0.15, 0.2) is 23.1 Å². The fourth-order valence-electron chi connectivity index (χ4n) is 3.47. The molecular formula is C17H21N5O3S. The van der Waals surface area contributed by atoms with Gasteiger partial charge in [0.15, 0.2) is 5.82 Å². The van der Waals surface area contributed by atoms with Gasteiger partial charge in [0.1, 0.15) is 5.82 Å². The maximum Gasteiger partial charge on any atom is 0.251 e. The normalized spacial score (nSPS) is 19.6. The molecule has 0 radical (unpaired) electrons. The summed E-state index contributed by atoms with van der Waals surface area (Å²) in [5.74, 6) is 1.15. The quantitative estimate of drug-likeness (QED) is 0.827. The van der Waals surface area contributed by atoms with E-state index in [0.29, 0.717) is 37.2 Å². The average Bonchev–Trinajstić information content (AvgIpc) is 3.06. The molecular weight excluding hydrogens is 354 g/mol. The third-order valence-corrected chi connectivity index (χ3v) is 6.32. The fourth-order valence-corrected chi connectivity index (χ4v) is 4.73. The van der Waals surface area contributed by atoms with Crippen LogP contribution in [0.4, 0.5) is 0 Å². The molecule has 1 aromatic carbocycles. The SMILES string of the molecule is CCc1nc2n(n1)CCC[C@@H]2NS(=O)(=O)c1ccc2c(c1)C(=O)NCC2. The van der Waals surface area contributed by atoms with Gasteiger partial charge in [0.2, 0.25) is 10.0 Å². The zero-order valence-corrected chi connectivity index (χ0v) is 15.3. The van der Waals surface area contributed by atoms with Crippen LogP contribution in [0.3, 0.4) is 0 Å². The summed E-state index contributed by atoms with van der Waals surface area (Å²) in [6.07, 6.45) is 2.92. The first-order chi connectivity index (χ1) is 12.5. The van der Waals surface area contributed by atoms with Crippen molar-refractivity contribution in [2.24, 2.45) is 0 Å². The Bertz CT molecular complexity index is 967. The van der Waals surface area contributed by atoms with Gasteiger partial charge in [0.25, 0.3) is 5.91 Å². The van der Waals surface area contributed by atoms with E-state index in [1.807, 2.05) is 6.92 Å². The molecule has 9 heteroatoms. The highest BCUT2D eigenvalue weighted by Gasteiger charge is 2.29. The molecule has 0 bridgehead atoms. The standard InChI is InChI=1S/C17H21N5O3S/c1-2-15-19-16-14(4-3-9-22(16)20-15)21-26(24,25)12-6-5-11-7-8-18-17(23)13(11)10-12/h5-6,10,14,21H,2-4,7-9H2,1H3,(H,18,23)/t14-/m0/s1. The first-order valence-electron chi connectivity index (χ1n) is 8.85. The molecule has 1 amide bonds. The van der Waals surface area contributed by atoms with E-state index in [-0.39, 0.29) is 10.8 Å². The maximum absolute atomic E-state index is 12.9. The second-order valence-electron chi connectivity index (χ2n) is 6.60. The van der Waals surface area contributed by atoms with E-state index >= 15 is 0 Å². The molecule has 0 spiro atoms. The van der Waals surface area contributed by atoms with Crippen molar-refractivity contribution < 1.29 is 13.2 Å². The molecule has 0 aliphatic carbocycles. The van der Waals surface area contributed by atoms with E-state index in [9.17, 15) is 13.2 Å². The smallest absolute Gasteiger partial charge is 0.251 e. The highest BCUT2D eigenvalue weighted by Crippen LogP contribution is 2.26. The van der Waals surface area contributed by atoms with Crippen molar-refractivity contribution in [2.45, 2.75) is 50.1 Å². The Balaban J connectivity index is 1.64. The van der Waals surface area contributed by atoms with Gasteiger partial charge in [-0.2, -0.15) is 5.10 Å². The number of carbonyl (C=O) groups is 1. The van der Waals surface area contributed by atoms with Gasteiger partial charge in [-0.25, -0.2) is 22.8 Å². The van der Waals surface area contributed by atoms with E-state index in [2.05, 4.69) is 20.1 Å². The van der Waals surface area contributed by atoms with Gasteiger partial charge in [0, 0.05) is 25.1 Å². The van der Waals surface area contributed by atoms with Crippen molar-refractivity contribution in [3.05, 3.63) is 41.0 Å². The molecule has 0 unspecified atom stereocenters. The van der Waals surface area contributed by atoms with Crippen molar-refractivity contribution in [2.75, 3.05) is 6.54 Å². The molecule has 2 N–H and O–H groups in total. The van der Waals surface area contributed by atoms with E-state index in [1.54, 1.807) is 16.8 Å². The third kappa shape index (κ3) is 3.01. The van der Waals surface area contributed by atoms with Crippen molar-refractivity contribution in [3.63, 3.8) is 0 Å². The van der Waals surface area contributed by atoms with Gasteiger partial charge in [-0.05, 0) is 37.0 Å². The molecule has 4 rings (SSSR count). The van der Waals surface area contributed by atoms with Crippen LogP contribution in [-0.4, -0.2) is 35.6 Å². The zero-order chi connectivity index (χ0) is 18.3. The monoisotopic (exact) mass is 375 g/mol. The van der Waals surface area contributed by atoms with Crippen molar-refractivity contribution in [1.29, 1.82) is 0 Å². The Hall–Kier alpha value is -2.26. The summed E-state index contributed by atoms with van der Waals surface area (Å²) in [5, 5.41) is 7.15. The van der Waals surface area contributed by atoms with Crippen molar-refractivity contribution in [1.82, 2.24) is 24.8 Å². The first kappa shape index (κ1) is 17.2. The number of nitrogens with zero attached hydrogens (tertiary/aromatic N) is 3. The van der Waals surface area contributed by atoms with Gasteiger partial charge < -0.3 is 5.32 Å². The molecule has 8 nitrogen and oxygen atoms in total. The van der Waals surface area contributed by atoms with Crippen LogP contribution in [0, 0.1) is 0 Å². The van der Waals surface area contributed by atoms with Crippen molar-refractivity contribution in [3.8, 4) is 0 Å². The summed E-state index contributed by atoms with van der Waals surface area (Å²) in [5.41, 5.74) is 1.30. The molecule has 26 heavy (non-hydrogen) atoms. The Morgan fingerprint density at radius 1 is 1.38 bits per heavy atom. The molecule has 138 valence electrons. The summed E-state index contributed by atoms with van der Waals surface area (Å²) in [6.45, 7) is 3.30. The average molecular weight is 375 g/mol. The number of aryl methyl sites for hydroxylation is 2. The first-order valence-corrected chi connectivity index (χ1v) is 10.3. The minimum absolute atomic E-state index is 0.0978. The summed E-state index contributed by atoms with van der Waals surface area (Å²) in [7, 11) is -3.77. The maximum atomic E-state index is 12.9. The van der Waals surface area contributed by atoms with Gasteiger partial charge in [-0.15, -0.1) is 0 Å². The fraction of sp³-hybridized carbons (Fsp3) is 0.471. The lowest BCUT2D eigenvalue weighted by Gasteiger charge is -2.23. The van der Waals surface area contributed by atoms with E-state index in [4.69, 9.17) is 0 Å². The topological polar surface area (TPSA) is 106 Å². The van der Waals surface area contributed by atoms with Gasteiger partial charge >= 0.3 is 0 Å². The highest BCUT2D eigenvalue weighted by molar-refractivity contribution is 7.89. The van der Waals surface area contributed by atoms with Crippen LogP contribution < -0.4 is 10.0 Å². The summed E-state index contributed by atoms with van der Waals surface area (Å²) < 4.78 is 30.3. The van der Waals surface area contributed by atoms with Crippen LogP contribution in [0.25, 0.3) is 0 Å². The van der Waals surface area contributed by atoms with E-state index in [1.165, 1.54) is 6.07 Å². The Morgan fingerprint density at radius 3 is 3.04 bits per heavy atom. The van der Waals surface area contributed by atoms with E-state index < -0.39 is 16.1 Å². The number of hydrogen-bond acceptors (Lipinski definition) is 5. The lowest BCUT2D eigenvalue weighted by atomic mass is 10.0. The minimum Gasteiger partial charge on any atom is -0.352 e. The Kier molecular flexibility index (Phi) is 4.28. The molecule has 1 aromatic heterocycles. The predicted octanol–water partition coefficient (Wildman–Crippen LogP) is 0.940. The van der Waals surface area contributed by atoms with E-state index in [0.717, 1.165) is 24.4 Å². The van der Waals surface area contributed by atoms with Gasteiger partial charge in [0.05, 0.1) is 10.9 Å². The van der Waals surface area contributed by atoms with Crippen LogP contribution in [0.5, 0.6) is 0 Å². The highest BCUT2D eigenvalue weighted by atomic mass is 32.2. The summed E-state index contributed by atoms with van der Waals surface area (Å²) in [6, 6.07) is 4.33. The molecule has 2 aromatic rings. The number of amides is 1. The largest absolute Gasteiger partial charge is 0.352 e. The molecule has 0 saturated carbocycles. The molecule has 2 aliphatic heterocycles. The van der Waals surface area contributed by atoms with Gasteiger partial charge in [-0.1, -0.05) is 13.0 Å². The molecule has 3 heterocycles. The minimum atomic E-state index is -3.77. The van der Waals surface area contributed by atoms with Gasteiger partial charge in [-0.3, -0.25) is 4.79 Å². The summed E-state index contributed by atoms with van der Waals surface area (Å²) >= 11 is 0.